The van der Waals surface area contributed by atoms with Gasteiger partial charge in [0, 0.05) is 0 Å². The number of nitrogens with two attached hydrogens (primary N) is 1. The van der Waals surface area contributed by atoms with Crippen molar-refractivity contribution in [2.24, 2.45) is 0 Å². The molecule has 0 amide bonds. The van der Waals surface area contributed by atoms with Gasteiger partial charge in [-0.1, -0.05) is 0 Å². The van der Waals surface area contributed by atoms with Crippen LogP contribution in [0.2, 0.25) is 0 Å². The number of H-pyrrole nitrogens is 1. The zero-order valence-corrected chi connectivity index (χ0v) is 25.1. The molecule has 14 nitrogen and oxygen atoms in total. The van der Waals surface area contributed by atoms with Crippen LogP contribution in [-0.2, 0) is 36.7 Å². The minimum Gasteiger partial charge on any atom is -0.369 e. The number of rotatable bonds is 17. The number of aromatic amines is 1. The fourth-order valence-corrected chi connectivity index (χ4v) is 7.05. The van der Waals surface area contributed by atoms with Gasteiger partial charge in [0.05, 0.1) is 50.0 Å². The van der Waals surface area contributed by atoms with E-state index in [0.29, 0.717) is 0 Å². The van der Waals surface area contributed by atoms with Gasteiger partial charge >= 0.3 is 15.2 Å². The summed E-state index contributed by atoms with van der Waals surface area (Å²) < 4.78 is 61.7. The first-order valence-electron chi connectivity index (χ1n) is 12.4. The third kappa shape index (κ3) is 10.2. The van der Waals surface area contributed by atoms with Crippen molar-refractivity contribution in [1.29, 1.82) is 0 Å². The lowest BCUT2D eigenvalue weighted by Crippen LogP contribution is -2.23. The van der Waals surface area contributed by atoms with Crippen LogP contribution in [0, 0.1) is 0 Å². The van der Waals surface area contributed by atoms with Gasteiger partial charge in [0.1, 0.15) is 12.7 Å². The molecular formula is C22H41N5O9P2. The molecule has 2 aromatic heterocycles. The van der Waals surface area contributed by atoms with Crippen LogP contribution in [0.1, 0.15) is 61.4 Å². The van der Waals surface area contributed by atoms with Gasteiger partial charge in [-0.15, -0.1) is 0 Å². The zero-order valence-electron chi connectivity index (χ0n) is 23.3. The Morgan fingerprint density at radius 2 is 1.26 bits per heavy atom. The molecule has 0 unspecified atom stereocenters. The summed E-state index contributed by atoms with van der Waals surface area (Å²) in [7, 11) is -7.15. The molecule has 38 heavy (non-hydrogen) atoms. The fraction of sp³-hybridized carbons (Fsp3) is 0.773. The van der Waals surface area contributed by atoms with E-state index < -0.39 is 26.8 Å². The van der Waals surface area contributed by atoms with Crippen LogP contribution in [0.25, 0.3) is 11.2 Å². The van der Waals surface area contributed by atoms with E-state index in [-0.39, 0.29) is 67.4 Å². The van der Waals surface area contributed by atoms with Crippen LogP contribution in [0.5, 0.6) is 0 Å². The molecule has 0 radical (unpaired) electrons. The van der Waals surface area contributed by atoms with Gasteiger partial charge in [0.15, 0.2) is 11.2 Å². The second-order valence-electron chi connectivity index (χ2n) is 9.77. The molecule has 0 saturated heterocycles. The zero-order chi connectivity index (χ0) is 28.7. The fourth-order valence-electron chi connectivity index (χ4n) is 3.48. The van der Waals surface area contributed by atoms with E-state index in [2.05, 4.69) is 15.0 Å². The monoisotopic (exact) mass is 581 g/mol. The van der Waals surface area contributed by atoms with Crippen LogP contribution in [0.4, 0.5) is 5.95 Å². The van der Waals surface area contributed by atoms with Gasteiger partial charge in [0.2, 0.25) is 5.95 Å². The number of anilines is 1. The van der Waals surface area contributed by atoms with E-state index >= 15 is 0 Å². The molecule has 0 spiro atoms. The number of fused-ring (bicyclic) bond motifs is 1. The minimum atomic E-state index is -3.58. The van der Waals surface area contributed by atoms with Crippen LogP contribution in [0.3, 0.4) is 0 Å². The summed E-state index contributed by atoms with van der Waals surface area (Å²) in [5.41, 5.74) is 5.50. The highest BCUT2D eigenvalue weighted by Gasteiger charge is 2.31. The predicted molar refractivity (Wildman–Crippen MR) is 143 cm³/mol. The van der Waals surface area contributed by atoms with Crippen LogP contribution in [0.15, 0.2) is 11.1 Å². The molecule has 2 aromatic rings. The van der Waals surface area contributed by atoms with E-state index in [4.69, 9.17) is 33.3 Å². The summed E-state index contributed by atoms with van der Waals surface area (Å²) in [6.45, 7) is 13.8. The standard InChI is InChI=1S/C22H41N5O9P2/c1-14(2)33-37(29,34-15(3)4)12-31-9-18(10-32-13-38(30,35-16(5)6)36-17(7)8)27-11-24-19-20(27)25-22(23)26-21(19)28/h11,14-18H,9-10,12-13H2,1-8H3,(H3,23,25,26,28). The third-order valence-corrected chi connectivity index (χ3v) is 8.42. The highest BCUT2D eigenvalue weighted by atomic mass is 31.2. The second kappa shape index (κ2) is 14.1. The molecule has 16 heteroatoms. The molecule has 3 N–H and O–H groups in total. The third-order valence-electron chi connectivity index (χ3n) is 4.45. The largest absolute Gasteiger partial charge is 0.369 e. The molecule has 0 aromatic carbocycles. The Hall–Kier alpha value is -1.63. The average Bonchev–Trinajstić information content (AvgIpc) is 3.14. The highest BCUT2D eigenvalue weighted by molar-refractivity contribution is 7.53. The Morgan fingerprint density at radius 1 is 0.842 bits per heavy atom. The summed E-state index contributed by atoms with van der Waals surface area (Å²) in [6.07, 6.45) is -0.662. The van der Waals surface area contributed by atoms with Gasteiger partial charge in [0.25, 0.3) is 5.56 Å². The van der Waals surface area contributed by atoms with Crippen molar-refractivity contribution >= 4 is 32.3 Å². The van der Waals surface area contributed by atoms with Crippen molar-refractivity contribution in [1.82, 2.24) is 19.5 Å². The topological polar surface area (TPSA) is 179 Å². The normalized spacial score (nSPS) is 13.3. The number of nitrogens with one attached hydrogen (secondary N) is 1. The first-order valence-corrected chi connectivity index (χ1v) is 15.9. The maximum Gasteiger partial charge on any atom is 0.356 e. The minimum absolute atomic E-state index is 0.0624. The first kappa shape index (κ1) is 32.6. The summed E-state index contributed by atoms with van der Waals surface area (Å²) in [5.74, 6) is -0.0924. The van der Waals surface area contributed by atoms with E-state index in [1.165, 1.54) is 6.33 Å². The Kier molecular flexibility index (Phi) is 12.1. The molecule has 0 saturated carbocycles. The van der Waals surface area contributed by atoms with E-state index in [0.717, 1.165) is 0 Å². The summed E-state index contributed by atoms with van der Waals surface area (Å²) in [6, 6.07) is -0.646. The summed E-state index contributed by atoms with van der Waals surface area (Å²) in [4.78, 5) is 23.0. The lowest BCUT2D eigenvalue weighted by molar-refractivity contribution is 0.0474. The molecule has 0 aliphatic heterocycles. The van der Waals surface area contributed by atoms with Gasteiger partial charge < -0.3 is 37.9 Å². The summed E-state index contributed by atoms with van der Waals surface area (Å²) in [5, 5.41) is 0. The average molecular weight is 582 g/mol. The molecular weight excluding hydrogens is 540 g/mol. The van der Waals surface area contributed by atoms with Crippen molar-refractivity contribution in [2.75, 3.05) is 31.6 Å². The molecule has 0 aliphatic rings. The molecule has 0 aliphatic carbocycles. The number of hydrogen-bond acceptors (Lipinski definition) is 12. The van der Waals surface area contributed by atoms with Gasteiger partial charge in [-0.05, 0) is 55.4 Å². The van der Waals surface area contributed by atoms with Crippen molar-refractivity contribution < 1.29 is 36.7 Å². The smallest absolute Gasteiger partial charge is 0.356 e. The van der Waals surface area contributed by atoms with Crippen LogP contribution in [-0.4, -0.2) is 69.8 Å². The Labute approximate surface area is 223 Å². The van der Waals surface area contributed by atoms with Crippen molar-refractivity contribution in [2.45, 2.75) is 85.8 Å². The van der Waals surface area contributed by atoms with E-state index in [1.807, 2.05) is 0 Å². The second-order valence-corrected chi connectivity index (χ2v) is 13.6. The van der Waals surface area contributed by atoms with E-state index in [1.54, 1.807) is 60.0 Å². The van der Waals surface area contributed by atoms with Crippen molar-refractivity contribution in [3.05, 3.63) is 16.7 Å². The Bertz CT molecular complexity index is 1110. The summed E-state index contributed by atoms with van der Waals surface area (Å²) >= 11 is 0. The number of imidazole rings is 1. The van der Waals surface area contributed by atoms with E-state index in [9.17, 15) is 13.9 Å². The highest BCUT2D eigenvalue weighted by Crippen LogP contribution is 2.51. The molecule has 218 valence electrons. The molecule has 0 atom stereocenters. The SMILES string of the molecule is CC(C)OP(=O)(COCC(COCP(=O)(OC(C)C)OC(C)C)n1cnc2c(=O)[nH]c(N)nc21)OC(C)C. The van der Waals surface area contributed by atoms with Crippen molar-refractivity contribution in [3.8, 4) is 0 Å². The Morgan fingerprint density at radius 3 is 1.66 bits per heavy atom. The maximum absolute atomic E-state index is 13.2. The maximum atomic E-state index is 13.2. The number of aromatic nitrogens is 4. The first-order chi connectivity index (χ1) is 17.6. The van der Waals surface area contributed by atoms with Crippen LogP contribution < -0.4 is 11.3 Å². The molecule has 0 fully saturated rings. The quantitative estimate of drug-likeness (QED) is 0.254. The lowest BCUT2D eigenvalue weighted by atomic mass is 10.3. The van der Waals surface area contributed by atoms with Crippen molar-refractivity contribution in [3.63, 3.8) is 0 Å². The molecule has 2 rings (SSSR count). The van der Waals surface area contributed by atoms with Gasteiger partial charge in [-0.3, -0.25) is 18.9 Å². The number of nitrogens with zero attached hydrogens (tertiary/aromatic N) is 3. The van der Waals surface area contributed by atoms with Gasteiger partial charge in [-0.2, -0.15) is 4.98 Å². The number of ether oxygens (including phenoxy) is 2. The van der Waals surface area contributed by atoms with Gasteiger partial charge in [-0.25, -0.2) is 4.98 Å². The predicted octanol–water partition coefficient (Wildman–Crippen LogP) is 4.28. The lowest BCUT2D eigenvalue weighted by Gasteiger charge is -2.25. The molecule has 2 heterocycles. The number of hydrogen-bond donors (Lipinski definition) is 2. The Balaban J connectivity index is 2.28. The number of nitrogen functional groups attached to an aromatic ring is 1. The molecule has 0 bridgehead atoms. The van der Waals surface area contributed by atoms with Crippen LogP contribution >= 0.6 is 15.2 Å².